The molecule has 0 aliphatic heterocycles. The Morgan fingerprint density at radius 2 is 1.68 bits per heavy atom. The molecule has 0 heterocycles. The van der Waals surface area contributed by atoms with Crippen LogP contribution in [0.4, 0.5) is 0 Å². The number of nitrogens with zero attached hydrogens (tertiary/aromatic N) is 1. The van der Waals surface area contributed by atoms with Crippen LogP contribution in [0.5, 0.6) is 5.75 Å². The molecule has 0 radical (unpaired) electrons. The standard InChI is InChI=1S/C23H30N2O3/c1-17(2)24-23(27)18(3)25(16-20-11-8-12-21(15-20)28-4)22(26)14-13-19-9-6-5-7-10-19/h5-12,15,17-18H,13-14,16H2,1-4H3,(H,24,27). The Morgan fingerprint density at radius 3 is 2.32 bits per heavy atom. The van der Waals surface area contributed by atoms with E-state index in [2.05, 4.69) is 5.32 Å². The Kier molecular flexibility index (Phi) is 8.05. The molecule has 1 atom stereocenters. The second-order valence-corrected chi connectivity index (χ2v) is 7.20. The van der Waals surface area contributed by atoms with Gasteiger partial charge in [0.05, 0.1) is 7.11 Å². The minimum Gasteiger partial charge on any atom is -0.497 e. The van der Waals surface area contributed by atoms with Crippen molar-refractivity contribution < 1.29 is 14.3 Å². The van der Waals surface area contributed by atoms with Crippen molar-refractivity contribution in [3.63, 3.8) is 0 Å². The monoisotopic (exact) mass is 382 g/mol. The molecule has 0 fully saturated rings. The summed E-state index contributed by atoms with van der Waals surface area (Å²) in [6.07, 6.45) is 1.00. The molecule has 5 nitrogen and oxygen atoms in total. The van der Waals surface area contributed by atoms with Gasteiger partial charge in [0.2, 0.25) is 11.8 Å². The van der Waals surface area contributed by atoms with E-state index in [4.69, 9.17) is 4.74 Å². The van der Waals surface area contributed by atoms with Gasteiger partial charge in [-0.3, -0.25) is 9.59 Å². The fraction of sp³-hybridized carbons (Fsp3) is 0.391. The largest absolute Gasteiger partial charge is 0.497 e. The normalized spacial score (nSPS) is 11.8. The Bertz CT molecular complexity index is 774. The minimum absolute atomic E-state index is 0.0213. The fourth-order valence-electron chi connectivity index (χ4n) is 2.99. The first-order valence-electron chi connectivity index (χ1n) is 9.67. The highest BCUT2D eigenvalue weighted by Crippen LogP contribution is 2.17. The van der Waals surface area contributed by atoms with Gasteiger partial charge in [-0.2, -0.15) is 0 Å². The summed E-state index contributed by atoms with van der Waals surface area (Å²) in [5, 5.41) is 2.90. The van der Waals surface area contributed by atoms with Gasteiger partial charge in [0.15, 0.2) is 0 Å². The number of hydrogen-bond donors (Lipinski definition) is 1. The van der Waals surface area contributed by atoms with Gasteiger partial charge >= 0.3 is 0 Å². The van der Waals surface area contributed by atoms with Crippen molar-refractivity contribution in [3.8, 4) is 5.75 Å². The predicted molar refractivity (Wildman–Crippen MR) is 111 cm³/mol. The molecule has 0 aliphatic carbocycles. The van der Waals surface area contributed by atoms with Crippen molar-refractivity contribution in [1.29, 1.82) is 0 Å². The number of methoxy groups -OCH3 is 1. The first-order chi connectivity index (χ1) is 13.4. The maximum atomic E-state index is 13.0. The first kappa shape index (κ1) is 21.5. The number of amides is 2. The van der Waals surface area contributed by atoms with E-state index in [-0.39, 0.29) is 17.9 Å². The number of carbonyl (C=O) groups excluding carboxylic acids is 2. The van der Waals surface area contributed by atoms with Crippen molar-refractivity contribution in [2.24, 2.45) is 0 Å². The van der Waals surface area contributed by atoms with Crippen molar-refractivity contribution in [3.05, 3.63) is 65.7 Å². The molecule has 2 amide bonds. The summed E-state index contributed by atoms with van der Waals surface area (Å²) < 4.78 is 5.28. The molecule has 1 N–H and O–H groups in total. The van der Waals surface area contributed by atoms with E-state index in [0.717, 1.165) is 16.9 Å². The van der Waals surface area contributed by atoms with Gasteiger partial charge in [0.1, 0.15) is 11.8 Å². The van der Waals surface area contributed by atoms with Gasteiger partial charge in [-0.05, 0) is 50.5 Å². The van der Waals surface area contributed by atoms with Gasteiger partial charge in [-0.1, -0.05) is 42.5 Å². The highest BCUT2D eigenvalue weighted by molar-refractivity contribution is 5.87. The third-order valence-corrected chi connectivity index (χ3v) is 4.56. The van der Waals surface area contributed by atoms with Crippen LogP contribution in [0.3, 0.4) is 0 Å². The molecule has 0 bridgehead atoms. The van der Waals surface area contributed by atoms with Crippen molar-refractivity contribution in [2.75, 3.05) is 7.11 Å². The van der Waals surface area contributed by atoms with E-state index in [1.807, 2.05) is 68.4 Å². The Labute approximate surface area is 167 Å². The highest BCUT2D eigenvalue weighted by Gasteiger charge is 2.26. The molecule has 2 rings (SSSR count). The average Bonchev–Trinajstić information content (AvgIpc) is 2.70. The summed E-state index contributed by atoms with van der Waals surface area (Å²) >= 11 is 0. The fourth-order valence-corrected chi connectivity index (χ4v) is 2.99. The molecular formula is C23H30N2O3. The molecular weight excluding hydrogens is 352 g/mol. The Balaban J connectivity index is 2.16. The number of ether oxygens (including phenoxy) is 1. The average molecular weight is 383 g/mol. The van der Waals surface area contributed by atoms with Crippen LogP contribution in [-0.2, 0) is 22.6 Å². The molecule has 28 heavy (non-hydrogen) atoms. The summed E-state index contributed by atoms with van der Waals surface area (Å²) in [6, 6.07) is 16.9. The number of carbonyl (C=O) groups is 2. The first-order valence-corrected chi connectivity index (χ1v) is 9.67. The van der Waals surface area contributed by atoms with Gasteiger partial charge in [0.25, 0.3) is 0 Å². The molecule has 5 heteroatoms. The van der Waals surface area contributed by atoms with Crippen LogP contribution < -0.4 is 10.1 Å². The Morgan fingerprint density at radius 1 is 1.00 bits per heavy atom. The van der Waals surface area contributed by atoms with Gasteiger partial charge in [0, 0.05) is 19.0 Å². The lowest BCUT2D eigenvalue weighted by atomic mass is 10.1. The lowest BCUT2D eigenvalue weighted by Gasteiger charge is -2.29. The number of nitrogens with one attached hydrogen (secondary N) is 1. The molecule has 0 aromatic heterocycles. The third-order valence-electron chi connectivity index (χ3n) is 4.56. The van der Waals surface area contributed by atoms with Crippen LogP contribution in [0.25, 0.3) is 0 Å². The third kappa shape index (κ3) is 6.41. The van der Waals surface area contributed by atoms with Crippen LogP contribution in [0.15, 0.2) is 54.6 Å². The summed E-state index contributed by atoms with van der Waals surface area (Å²) in [5.74, 6) is 0.539. The summed E-state index contributed by atoms with van der Waals surface area (Å²) in [4.78, 5) is 27.2. The molecule has 150 valence electrons. The smallest absolute Gasteiger partial charge is 0.242 e. The van der Waals surface area contributed by atoms with Crippen LogP contribution in [0, 0.1) is 0 Å². The van der Waals surface area contributed by atoms with Crippen molar-refractivity contribution in [2.45, 2.75) is 52.2 Å². The minimum atomic E-state index is -0.558. The maximum Gasteiger partial charge on any atom is 0.242 e. The van der Waals surface area contributed by atoms with Crippen LogP contribution >= 0.6 is 0 Å². The van der Waals surface area contributed by atoms with Gasteiger partial charge in [-0.25, -0.2) is 0 Å². The van der Waals surface area contributed by atoms with E-state index in [1.165, 1.54) is 0 Å². The van der Waals surface area contributed by atoms with E-state index in [9.17, 15) is 9.59 Å². The molecule has 2 aromatic rings. The zero-order valence-electron chi connectivity index (χ0n) is 17.1. The zero-order chi connectivity index (χ0) is 20.5. The number of aryl methyl sites for hydroxylation is 1. The lowest BCUT2D eigenvalue weighted by Crippen LogP contribution is -2.49. The second kappa shape index (κ2) is 10.5. The van der Waals surface area contributed by atoms with Crippen LogP contribution in [0.2, 0.25) is 0 Å². The zero-order valence-corrected chi connectivity index (χ0v) is 17.1. The molecule has 0 saturated heterocycles. The quantitative estimate of drug-likeness (QED) is 0.721. The maximum absolute atomic E-state index is 13.0. The second-order valence-electron chi connectivity index (χ2n) is 7.20. The lowest BCUT2D eigenvalue weighted by molar-refractivity contribution is -0.140. The highest BCUT2D eigenvalue weighted by atomic mass is 16.5. The number of hydrogen-bond acceptors (Lipinski definition) is 3. The topological polar surface area (TPSA) is 58.6 Å². The van der Waals surface area contributed by atoms with E-state index in [0.29, 0.717) is 19.4 Å². The van der Waals surface area contributed by atoms with E-state index in [1.54, 1.807) is 18.9 Å². The molecule has 0 aliphatic rings. The molecule has 2 aromatic carbocycles. The molecule has 0 spiro atoms. The van der Waals surface area contributed by atoms with Gasteiger partial charge < -0.3 is 15.0 Å². The van der Waals surface area contributed by atoms with Crippen molar-refractivity contribution in [1.82, 2.24) is 10.2 Å². The SMILES string of the molecule is COc1cccc(CN(C(=O)CCc2ccccc2)C(C)C(=O)NC(C)C)c1. The van der Waals surface area contributed by atoms with E-state index < -0.39 is 6.04 Å². The Hall–Kier alpha value is -2.82. The number of rotatable bonds is 9. The van der Waals surface area contributed by atoms with Crippen LogP contribution in [-0.4, -0.2) is 35.9 Å². The number of benzene rings is 2. The molecule has 0 saturated carbocycles. The van der Waals surface area contributed by atoms with Gasteiger partial charge in [-0.15, -0.1) is 0 Å². The summed E-state index contributed by atoms with van der Waals surface area (Å²) in [5.41, 5.74) is 2.04. The molecule has 1 unspecified atom stereocenters. The summed E-state index contributed by atoms with van der Waals surface area (Å²) in [6.45, 7) is 5.96. The summed E-state index contributed by atoms with van der Waals surface area (Å²) in [7, 11) is 1.61. The van der Waals surface area contributed by atoms with Crippen LogP contribution in [0.1, 0.15) is 38.3 Å². The van der Waals surface area contributed by atoms with Crippen molar-refractivity contribution >= 4 is 11.8 Å². The van der Waals surface area contributed by atoms with E-state index >= 15 is 0 Å². The predicted octanol–water partition coefficient (Wildman–Crippen LogP) is 3.57.